The van der Waals surface area contributed by atoms with Gasteiger partial charge in [0.05, 0.1) is 25.7 Å². The van der Waals surface area contributed by atoms with Crippen LogP contribution < -0.4 is 15.5 Å². The van der Waals surface area contributed by atoms with Gasteiger partial charge in [0.25, 0.3) is 23.4 Å². The van der Waals surface area contributed by atoms with Gasteiger partial charge in [0, 0.05) is 17.3 Å². The van der Waals surface area contributed by atoms with Gasteiger partial charge in [0.1, 0.15) is 5.57 Å². The quantitative estimate of drug-likeness (QED) is 0.0599. The molecule has 5 aromatic rings. The number of rotatable bonds is 7. The molecule has 0 aliphatic carbocycles. The van der Waals surface area contributed by atoms with Crippen molar-refractivity contribution in [2.75, 3.05) is 10.2 Å². The lowest BCUT2D eigenvalue weighted by atomic mass is 10.0. The maximum atomic E-state index is 13.5. The Morgan fingerprint density at radius 1 is 1.00 bits per heavy atom. The number of hydrogen-bond donors (Lipinski definition) is 2. The van der Waals surface area contributed by atoms with Gasteiger partial charge in [0.15, 0.2) is 9.45 Å². The van der Waals surface area contributed by atoms with Gasteiger partial charge in [0.2, 0.25) is 0 Å². The molecule has 0 saturated carbocycles. The van der Waals surface area contributed by atoms with Crippen molar-refractivity contribution >= 4 is 91.5 Å². The standard InChI is InChI=1S/C34H25N5O5S3/c1-18-4-8-22(9-5-18)30(40)35-23-10-12-26-29(17-23)47-34(36-26)46-28-13-7-21(16-27(28)39(43)44)15-25-31(41)37-33(45)38(32(25)42)24-11-6-19(2)20(3)14-24/h4-17H,1-3H3,(H,35,40)(H,37,41,45)/b25-15+. The van der Waals surface area contributed by atoms with Crippen LogP contribution in [0.25, 0.3) is 16.3 Å². The number of hydrogen-bond acceptors (Lipinski definition) is 9. The summed E-state index contributed by atoms with van der Waals surface area (Å²) in [5.41, 5.74) is 5.25. The second-order valence-corrected chi connectivity index (χ2v) is 13.5. The van der Waals surface area contributed by atoms with E-state index in [1.54, 1.807) is 48.5 Å². The number of fused-ring (bicyclic) bond motifs is 1. The fraction of sp³-hybridized carbons (Fsp3) is 0.0882. The van der Waals surface area contributed by atoms with E-state index in [-0.39, 0.29) is 22.3 Å². The highest BCUT2D eigenvalue weighted by molar-refractivity contribution is 8.01. The first-order valence-electron chi connectivity index (χ1n) is 14.2. The summed E-state index contributed by atoms with van der Waals surface area (Å²) in [6, 6.07) is 22.5. The zero-order valence-electron chi connectivity index (χ0n) is 25.2. The minimum Gasteiger partial charge on any atom is -0.322 e. The van der Waals surface area contributed by atoms with E-state index < -0.39 is 16.7 Å². The lowest BCUT2D eigenvalue weighted by Gasteiger charge is -2.29. The number of nitro groups is 1. The summed E-state index contributed by atoms with van der Waals surface area (Å²) < 4.78 is 1.36. The molecule has 4 aromatic carbocycles. The van der Waals surface area contributed by atoms with Crippen molar-refractivity contribution in [2.24, 2.45) is 0 Å². The van der Waals surface area contributed by atoms with Crippen molar-refractivity contribution in [2.45, 2.75) is 30.0 Å². The van der Waals surface area contributed by atoms with Crippen LogP contribution in [0.5, 0.6) is 0 Å². The molecule has 1 fully saturated rings. The number of thiazole rings is 1. The molecule has 0 bridgehead atoms. The summed E-state index contributed by atoms with van der Waals surface area (Å²) >= 11 is 7.76. The number of carbonyl (C=O) groups excluding carboxylic acids is 3. The largest absolute Gasteiger partial charge is 0.322 e. The first-order chi connectivity index (χ1) is 22.5. The maximum absolute atomic E-state index is 13.5. The molecule has 0 spiro atoms. The van der Waals surface area contributed by atoms with E-state index in [2.05, 4.69) is 15.6 Å². The van der Waals surface area contributed by atoms with Crippen molar-refractivity contribution in [3.05, 3.63) is 122 Å². The first kappa shape index (κ1) is 31.7. The summed E-state index contributed by atoms with van der Waals surface area (Å²) in [5.74, 6) is -1.56. The van der Waals surface area contributed by atoms with E-state index in [1.165, 1.54) is 28.4 Å². The van der Waals surface area contributed by atoms with Crippen LogP contribution in [-0.2, 0) is 9.59 Å². The molecule has 2 heterocycles. The number of amides is 3. The number of thiocarbonyl (C=S) groups is 1. The molecule has 13 heteroatoms. The van der Waals surface area contributed by atoms with Crippen LogP contribution in [0.3, 0.4) is 0 Å². The number of nitro benzene ring substituents is 1. The lowest BCUT2D eigenvalue weighted by molar-refractivity contribution is -0.387. The summed E-state index contributed by atoms with van der Waals surface area (Å²) in [4.78, 5) is 56.7. The molecule has 1 aliphatic rings. The van der Waals surface area contributed by atoms with Gasteiger partial charge in [-0.25, -0.2) is 4.98 Å². The van der Waals surface area contributed by atoms with E-state index in [0.717, 1.165) is 33.2 Å². The van der Waals surface area contributed by atoms with Crippen LogP contribution in [-0.4, -0.2) is 32.7 Å². The Morgan fingerprint density at radius 3 is 2.49 bits per heavy atom. The van der Waals surface area contributed by atoms with Crippen molar-refractivity contribution in [3.8, 4) is 0 Å². The van der Waals surface area contributed by atoms with Crippen molar-refractivity contribution in [1.82, 2.24) is 10.3 Å². The number of aromatic nitrogens is 1. The van der Waals surface area contributed by atoms with Gasteiger partial charge in [-0.15, -0.1) is 11.3 Å². The monoisotopic (exact) mass is 679 g/mol. The molecule has 0 atom stereocenters. The molecule has 0 unspecified atom stereocenters. The van der Waals surface area contributed by atoms with E-state index in [1.807, 2.05) is 45.0 Å². The molecule has 47 heavy (non-hydrogen) atoms. The van der Waals surface area contributed by atoms with Gasteiger partial charge in [-0.2, -0.15) is 0 Å². The number of nitrogens with zero attached hydrogens (tertiary/aromatic N) is 3. The van der Waals surface area contributed by atoms with Gasteiger partial charge >= 0.3 is 0 Å². The van der Waals surface area contributed by atoms with Crippen molar-refractivity contribution in [1.29, 1.82) is 0 Å². The van der Waals surface area contributed by atoms with Crippen molar-refractivity contribution < 1.29 is 19.3 Å². The van der Waals surface area contributed by atoms with Crippen LogP contribution in [0.1, 0.15) is 32.6 Å². The summed E-state index contributed by atoms with van der Waals surface area (Å²) in [5, 5.41) is 17.5. The molecule has 10 nitrogen and oxygen atoms in total. The third-order valence-corrected chi connectivity index (χ3v) is 9.91. The Balaban J connectivity index is 1.24. The fourth-order valence-corrected chi connectivity index (χ4v) is 7.23. The van der Waals surface area contributed by atoms with Gasteiger partial charge in [-0.3, -0.25) is 34.7 Å². The van der Waals surface area contributed by atoms with E-state index >= 15 is 0 Å². The molecular weight excluding hydrogens is 655 g/mol. The second-order valence-electron chi connectivity index (χ2n) is 10.8. The number of nitrogens with one attached hydrogen (secondary N) is 2. The minimum absolute atomic E-state index is 0.0465. The zero-order valence-corrected chi connectivity index (χ0v) is 27.6. The third-order valence-electron chi connectivity index (χ3n) is 7.48. The Kier molecular flexibility index (Phi) is 8.69. The Labute approximate surface area is 282 Å². The highest BCUT2D eigenvalue weighted by Crippen LogP contribution is 2.40. The summed E-state index contributed by atoms with van der Waals surface area (Å²) in [6.07, 6.45) is 1.32. The lowest BCUT2D eigenvalue weighted by Crippen LogP contribution is -2.54. The molecule has 6 rings (SSSR count). The Morgan fingerprint density at radius 2 is 1.77 bits per heavy atom. The molecular formula is C34H25N5O5S3. The first-order valence-corrected chi connectivity index (χ1v) is 16.2. The zero-order chi connectivity index (χ0) is 33.4. The minimum atomic E-state index is -0.690. The van der Waals surface area contributed by atoms with Crippen LogP contribution in [0.15, 0.2) is 93.7 Å². The summed E-state index contributed by atoms with van der Waals surface area (Å²) in [7, 11) is 0. The Hall–Kier alpha value is -5.24. The number of benzene rings is 4. The molecule has 1 aromatic heterocycles. The van der Waals surface area contributed by atoms with E-state index in [9.17, 15) is 24.5 Å². The second kappa shape index (κ2) is 12.9. The van der Waals surface area contributed by atoms with Gasteiger partial charge in [-0.1, -0.05) is 41.6 Å². The molecule has 1 aliphatic heterocycles. The van der Waals surface area contributed by atoms with Gasteiger partial charge in [-0.05, 0) is 104 Å². The highest BCUT2D eigenvalue weighted by atomic mass is 32.2. The summed E-state index contributed by atoms with van der Waals surface area (Å²) in [6.45, 7) is 5.80. The van der Waals surface area contributed by atoms with E-state index in [4.69, 9.17) is 12.2 Å². The van der Waals surface area contributed by atoms with E-state index in [0.29, 0.717) is 37.3 Å². The third kappa shape index (κ3) is 6.68. The average molecular weight is 680 g/mol. The van der Waals surface area contributed by atoms with Crippen LogP contribution >= 0.6 is 35.3 Å². The predicted octanol–water partition coefficient (Wildman–Crippen LogP) is 7.36. The molecule has 1 saturated heterocycles. The maximum Gasteiger partial charge on any atom is 0.283 e. The smallest absolute Gasteiger partial charge is 0.283 e. The van der Waals surface area contributed by atoms with Crippen LogP contribution in [0, 0.1) is 30.9 Å². The molecule has 2 N–H and O–H groups in total. The topological polar surface area (TPSA) is 135 Å². The fourth-order valence-electron chi connectivity index (χ4n) is 4.80. The van der Waals surface area contributed by atoms with Crippen molar-refractivity contribution in [3.63, 3.8) is 0 Å². The molecule has 234 valence electrons. The number of anilines is 2. The predicted molar refractivity (Wildman–Crippen MR) is 188 cm³/mol. The highest BCUT2D eigenvalue weighted by Gasteiger charge is 2.34. The average Bonchev–Trinajstić information content (AvgIpc) is 3.43. The number of aryl methyl sites for hydroxylation is 3. The molecule has 3 amide bonds. The van der Waals surface area contributed by atoms with Crippen LogP contribution in [0.2, 0.25) is 0 Å². The van der Waals surface area contributed by atoms with Gasteiger partial charge < -0.3 is 5.32 Å². The number of carbonyl (C=O) groups is 3. The normalized spacial score (nSPS) is 14.1. The SMILES string of the molecule is Cc1ccc(C(=O)Nc2ccc3nc(Sc4ccc(/C=C5\C(=O)NC(=S)N(c6ccc(C)c(C)c6)C5=O)cc4[N+](=O)[O-])sc3c2)cc1. The molecule has 0 radical (unpaired) electrons. The van der Waals surface area contributed by atoms with Crippen LogP contribution in [0.4, 0.5) is 17.1 Å². The Bertz CT molecular complexity index is 2180.